The smallest absolute Gasteiger partial charge is 0.289 e. The monoisotopic (exact) mass is 733 g/mol. The van der Waals surface area contributed by atoms with Crippen LogP contribution in [0.15, 0.2) is 58.6 Å². The fourth-order valence-electron chi connectivity index (χ4n) is 6.09. The Bertz CT molecular complexity index is 1730. The molecule has 49 heavy (non-hydrogen) atoms. The lowest BCUT2D eigenvalue weighted by Gasteiger charge is -2.31. The molecule has 12 nitrogen and oxygen atoms in total. The summed E-state index contributed by atoms with van der Waals surface area (Å²) in [6.07, 6.45) is 3.00. The Morgan fingerprint density at radius 2 is 1.78 bits per heavy atom. The molecule has 5 rings (SSSR count). The summed E-state index contributed by atoms with van der Waals surface area (Å²) in [7, 11) is -4.18. The van der Waals surface area contributed by atoms with Gasteiger partial charge in [-0.25, -0.2) is 8.42 Å². The van der Waals surface area contributed by atoms with Gasteiger partial charge in [0.05, 0.1) is 23.2 Å². The molecule has 1 spiro atoms. The van der Waals surface area contributed by atoms with E-state index in [-0.39, 0.29) is 36.7 Å². The molecule has 2 aliphatic heterocycles. The first-order chi connectivity index (χ1) is 23.3. The maximum absolute atomic E-state index is 14.5. The number of amides is 3. The number of nitrogens with zero attached hydrogens (tertiary/aromatic N) is 2. The SMILES string of the molecule is CCC[C@H](NC(=O)[C@@H]1C[C@]2(CC(c3cccc(Cl)c3)=NO2)CN1C(=O)[C@@H](NS(=O)(=O)c1ccc(Cl)cc1)C(C)CC)C(=O)C(=O)NC1CC1. The van der Waals surface area contributed by atoms with Crippen LogP contribution >= 0.6 is 23.2 Å². The lowest BCUT2D eigenvalue weighted by atomic mass is 9.91. The summed E-state index contributed by atoms with van der Waals surface area (Å²) in [4.78, 5) is 61.6. The van der Waals surface area contributed by atoms with Crippen LogP contribution in [0.2, 0.25) is 10.0 Å². The fourth-order valence-corrected chi connectivity index (χ4v) is 7.71. The number of nitrogens with one attached hydrogen (secondary N) is 3. The van der Waals surface area contributed by atoms with Crippen molar-refractivity contribution < 1.29 is 32.4 Å². The Morgan fingerprint density at radius 1 is 1.06 bits per heavy atom. The largest absolute Gasteiger partial charge is 0.387 e. The number of ketones is 1. The van der Waals surface area contributed by atoms with Gasteiger partial charge in [-0.05, 0) is 61.6 Å². The van der Waals surface area contributed by atoms with Gasteiger partial charge in [-0.3, -0.25) is 19.2 Å². The van der Waals surface area contributed by atoms with Crippen LogP contribution in [0.4, 0.5) is 0 Å². The second-order valence-electron chi connectivity index (χ2n) is 13.1. The van der Waals surface area contributed by atoms with Crippen molar-refractivity contribution in [1.82, 2.24) is 20.3 Å². The molecule has 0 aromatic heterocycles. The van der Waals surface area contributed by atoms with Gasteiger partial charge >= 0.3 is 0 Å². The van der Waals surface area contributed by atoms with Gasteiger partial charge in [0.2, 0.25) is 27.6 Å². The van der Waals surface area contributed by atoms with Crippen molar-refractivity contribution in [2.24, 2.45) is 11.1 Å². The highest BCUT2D eigenvalue weighted by Gasteiger charge is 2.55. The van der Waals surface area contributed by atoms with E-state index < -0.39 is 63.2 Å². The number of carbonyl (C=O) groups excluding carboxylic acids is 4. The Labute approximate surface area is 296 Å². The third-order valence-electron chi connectivity index (χ3n) is 9.21. The van der Waals surface area contributed by atoms with E-state index in [9.17, 15) is 27.6 Å². The van der Waals surface area contributed by atoms with Crippen LogP contribution in [-0.2, 0) is 34.0 Å². The summed E-state index contributed by atoms with van der Waals surface area (Å²) in [5.41, 5.74) is 0.185. The molecule has 2 heterocycles. The van der Waals surface area contributed by atoms with Crippen molar-refractivity contribution >= 4 is 62.4 Å². The van der Waals surface area contributed by atoms with Crippen LogP contribution in [0, 0.1) is 5.92 Å². The number of benzene rings is 2. The average Bonchev–Trinajstić information content (AvgIpc) is 3.67. The van der Waals surface area contributed by atoms with Crippen molar-refractivity contribution in [3.63, 3.8) is 0 Å². The first-order valence-electron chi connectivity index (χ1n) is 16.5. The lowest BCUT2D eigenvalue weighted by Crippen LogP contribution is -2.57. The van der Waals surface area contributed by atoms with E-state index in [1.165, 1.54) is 29.2 Å². The summed E-state index contributed by atoms with van der Waals surface area (Å²) in [5.74, 6) is -3.28. The number of rotatable bonds is 14. The average molecular weight is 735 g/mol. The summed E-state index contributed by atoms with van der Waals surface area (Å²) in [5, 5.41) is 10.6. The van der Waals surface area contributed by atoms with E-state index in [1.54, 1.807) is 25.1 Å². The van der Waals surface area contributed by atoms with E-state index in [1.807, 2.05) is 19.9 Å². The van der Waals surface area contributed by atoms with Crippen LogP contribution < -0.4 is 15.4 Å². The van der Waals surface area contributed by atoms with Gasteiger partial charge in [-0.1, -0.05) is 74.1 Å². The summed E-state index contributed by atoms with van der Waals surface area (Å²) >= 11 is 12.2. The van der Waals surface area contributed by atoms with Crippen molar-refractivity contribution in [3.8, 4) is 0 Å². The number of Topliss-reactive ketones (excluding diaryl/α,β-unsaturated/α-hetero) is 1. The van der Waals surface area contributed by atoms with Gasteiger partial charge in [0, 0.05) is 34.5 Å². The number of sulfonamides is 1. The maximum Gasteiger partial charge on any atom is 0.289 e. The Morgan fingerprint density at radius 3 is 2.41 bits per heavy atom. The zero-order valence-electron chi connectivity index (χ0n) is 27.6. The van der Waals surface area contributed by atoms with Gasteiger partial charge in [0.25, 0.3) is 5.91 Å². The van der Waals surface area contributed by atoms with E-state index in [2.05, 4.69) is 20.5 Å². The molecule has 0 bridgehead atoms. The van der Waals surface area contributed by atoms with Gasteiger partial charge in [0.1, 0.15) is 12.1 Å². The highest BCUT2D eigenvalue weighted by atomic mass is 35.5. The van der Waals surface area contributed by atoms with E-state index in [0.717, 1.165) is 18.4 Å². The molecule has 0 radical (unpaired) electrons. The zero-order valence-corrected chi connectivity index (χ0v) is 29.9. The fraction of sp³-hybridized carbons (Fsp3) is 0.500. The molecular formula is C34H41Cl2N5O7S. The van der Waals surface area contributed by atoms with Gasteiger partial charge in [-0.15, -0.1) is 0 Å². The van der Waals surface area contributed by atoms with E-state index in [0.29, 0.717) is 28.6 Å². The summed E-state index contributed by atoms with van der Waals surface area (Å²) in [6, 6.07) is 9.08. The molecule has 1 unspecified atom stereocenters. The Balaban J connectivity index is 1.44. The lowest BCUT2D eigenvalue weighted by molar-refractivity contribution is -0.143. The number of hydrogen-bond acceptors (Lipinski definition) is 8. The normalized spacial score (nSPS) is 22.2. The van der Waals surface area contributed by atoms with Crippen LogP contribution in [0.1, 0.15) is 71.3 Å². The van der Waals surface area contributed by atoms with Crippen LogP contribution in [-0.4, -0.2) is 78.8 Å². The van der Waals surface area contributed by atoms with E-state index in [4.69, 9.17) is 28.0 Å². The Hall–Kier alpha value is -3.52. The minimum absolute atomic E-state index is 0.0105. The highest BCUT2D eigenvalue weighted by Crippen LogP contribution is 2.40. The molecule has 2 aromatic carbocycles. The Kier molecular flexibility index (Phi) is 11.4. The molecule has 2 fully saturated rings. The number of oxime groups is 1. The standard InChI is InChI=1S/C34H41Cl2N5O7S/c1-4-7-26(30(42)32(44)37-24-12-13-24)38-31(43)28-18-34(17-27(39-48-34)21-8-6-9-23(36)16-21)19-41(28)33(45)29(20(3)5-2)40-49(46,47)25-14-10-22(35)11-15-25/h6,8-11,14-16,20,24,26,28-29,40H,4-5,7,12-13,17-19H2,1-3H3,(H,37,44)(H,38,43)/t20?,26-,28-,29-,34+/m0/s1. The molecule has 5 atom stereocenters. The molecule has 264 valence electrons. The van der Waals surface area contributed by atoms with Crippen LogP contribution in [0.25, 0.3) is 0 Å². The van der Waals surface area contributed by atoms with Crippen LogP contribution in [0.3, 0.4) is 0 Å². The summed E-state index contributed by atoms with van der Waals surface area (Å²) < 4.78 is 29.5. The van der Waals surface area contributed by atoms with Gasteiger partial charge < -0.3 is 20.4 Å². The molecule has 15 heteroatoms. The van der Waals surface area contributed by atoms with Gasteiger partial charge in [0.15, 0.2) is 5.60 Å². The zero-order chi connectivity index (χ0) is 35.5. The first kappa shape index (κ1) is 36.8. The quantitative estimate of drug-likeness (QED) is 0.247. The third-order valence-corrected chi connectivity index (χ3v) is 11.2. The predicted octanol–water partition coefficient (Wildman–Crippen LogP) is 3.98. The molecule has 3 aliphatic rings. The molecule has 1 aliphatic carbocycles. The molecule has 1 saturated carbocycles. The minimum Gasteiger partial charge on any atom is -0.387 e. The number of halogens is 2. The van der Waals surface area contributed by atoms with Crippen molar-refractivity contribution in [1.29, 1.82) is 0 Å². The molecule has 1 saturated heterocycles. The second-order valence-corrected chi connectivity index (χ2v) is 15.7. The van der Waals surface area contributed by atoms with Crippen LogP contribution in [0.5, 0.6) is 0 Å². The van der Waals surface area contributed by atoms with Crippen molar-refractivity contribution in [3.05, 3.63) is 64.1 Å². The molecular weight excluding hydrogens is 693 g/mol. The van der Waals surface area contributed by atoms with Crippen molar-refractivity contribution in [2.75, 3.05) is 6.54 Å². The second kappa shape index (κ2) is 15.2. The molecule has 3 amide bonds. The van der Waals surface area contributed by atoms with Crippen molar-refractivity contribution in [2.45, 2.75) is 100 Å². The minimum atomic E-state index is -4.18. The third kappa shape index (κ3) is 8.62. The van der Waals surface area contributed by atoms with E-state index >= 15 is 0 Å². The van der Waals surface area contributed by atoms with Gasteiger partial charge in [-0.2, -0.15) is 4.72 Å². The topological polar surface area (TPSA) is 163 Å². The molecule has 2 aromatic rings. The number of likely N-dealkylation sites (tertiary alicyclic amines) is 1. The molecule has 3 N–H and O–H groups in total. The summed E-state index contributed by atoms with van der Waals surface area (Å²) in [6.45, 7) is 5.32. The predicted molar refractivity (Wildman–Crippen MR) is 185 cm³/mol. The highest BCUT2D eigenvalue weighted by molar-refractivity contribution is 7.89. The maximum atomic E-state index is 14.5. The number of carbonyl (C=O) groups is 4. The first-order valence-corrected chi connectivity index (χ1v) is 18.7. The number of hydrogen-bond donors (Lipinski definition) is 3.